The lowest BCUT2D eigenvalue weighted by Gasteiger charge is -2.12. The van der Waals surface area contributed by atoms with E-state index >= 15 is 0 Å². The van der Waals surface area contributed by atoms with Crippen LogP contribution in [0.4, 0.5) is 11.9 Å². The van der Waals surface area contributed by atoms with Crippen LogP contribution in [0.3, 0.4) is 0 Å². The van der Waals surface area contributed by atoms with E-state index in [4.69, 9.17) is 5.73 Å². The molecule has 1 aromatic heterocycles. The summed E-state index contributed by atoms with van der Waals surface area (Å²) >= 11 is 0. The molecule has 1 heterocycles. The van der Waals surface area contributed by atoms with Gasteiger partial charge in [-0.3, -0.25) is 0 Å². The molecule has 1 aromatic carbocycles. The Morgan fingerprint density at radius 2 is 1.95 bits per heavy atom. The van der Waals surface area contributed by atoms with Gasteiger partial charge in [-0.05, 0) is 6.42 Å². The van der Waals surface area contributed by atoms with Gasteiger partial charge in [0, 0.05) is 5.56 Å². The summed E-state index contributed by atoms with van der Waals surface area (Å²) in [5.41, 5.74) is 6.51. The highest BCUT2D eigenvalue weighted by molar-refractivity contribution is 5.57. The zero-order chi connectivity index (χ0) is 13.7. The zero-order valence-electron chi connectivity index (χ0n) is 10.7. The number of benzene rings is 1. The van der Waals surface area contributed by atoms with Crippen molar-refractivity contribution in [2.24, 2.45) is 0 Å². The molecule has 1 unspecified atom stereocenters. The van der Waals surface area contributed by atoms with Crippen LogP contribution in [0.15, 0.2) is 30.3 Å². The van der Waals surface area contributed by atoms with Crippen LogP contribution in [-0.2, 0) is 0 Å². The summed E-state index contributed by atoms with van der Waals surface area (Å²) in [7, 11) is 0. The third kappa shape index (κ3) is 3.62. The van der Waals surface area contributed by atoms with E-state index in [1.165, 1.54) is 0 Å². The highest BCUT2D eigenvalue weighted by Crippen LogP contribution is 2.16. The number of anilines is 2. The first-order valence-corrected chi connectivity index (χ1v) is 6.20. The molecule has 0 fully saturated rings. The maximum atomic E-state index is 9.70. The van der Waals surface area contributed by atoms with E-state index in [1.807, 2.05) is 37.3 Å². The minimum absolute atomic E-state index is 0.125. The first kappa shape index (κ1) is 13.2. The van der Waals surface area contributed by atoms with Gasteiger partial charge in [0.05, 0.1) is 0 Å². The predicted molar refractivity (Wildman–Crippen MR) is 74.2 cm³/mol. The number of nitrogens with one attached hydrogen (secondary N) is 1. The molecule has 2 aromatic rings. The highest BCUT2D eigenvalue weighted by Gasteiger charge is 2.09. The van der Waals surface area contributed by atoms with Crippen molar-refractivity contribution in [3.8, 4) is 11.4 Å². The number of aliphatic hydroxyl groups excluding tert-OH is 1. The molecule has 0 saturated carbocycles. The van der Waals surface area contributed by atoms with Crippen molar-refractivity contribution < 1.29 is 5.11 Å². The third-order valence-corrected chi connectivity index (χ3v) is 2.54. The maximum absolute atomic E-state index is 9.70. The fraction of sp³-hybridized carbons (Fsp3) is 0.308. The van der Waals surface area contributed by atoms with Crippen LogP contribution in [0.5, 0.6) is 0 Å². The first-order chi connectivity index (χ1) is 9.19. The summed E-state index contributed by atoms with van der Waals surface area (Å²) in [6.07, 6.45) is 0.794. The van der Waals surface area contributed by atoms with Crippen molar-refractivity contribution in [2.45, 2.75) is 26.0 Å². The molecule has 0 aliphatic heterocycles. The number of rotatable bonds is 5. The fourth-order valence-corrected chi connectivity index (χ4v) is 1.67. The van der Waals surface area contributed by atoms with Crippen molar-refractivity contribution >= 4 is 11.9 Å². The molecule has 0 spiro atoms. The van der Waals surface area contributed by atoms with Gasteiger partial charge >= 0.3 is 0 Å². The van der Waals surface area contributed by atoms with Gasteiger partial charge in [0.1, 0.15) is 6.23 Å². The van der Waals surface area contributed by atoms with Gasteiger partial charge in [0.15, 0.2) is 5.82 Å². The second-order valence-corrected chi connectivity index (χ2v) is 4.16. The molecule has 4 N–H and O–H groups in total. The van der Waals surface area contributed by atoms with Crippen LogP contribution in [0.1, 0.15) is 19.8 Å². The van der Waals surface area contributed by atoms with Gasteiger partial charge < -0.3 is 16.2 Å². The zero-order valence-corrected chi connectivity index (χ0v) is 10.7. The fourth-order valence-electron chi connectivity index (χ4n) is 1.67. The number of hydrogen-bond donors (Lipinski definition) is 3. The number of aliphatic hydroxyl groups is 1. The Morgan fingerprint density at radius 1 is 1.21 bits per heavy atom. The number of nitrogens with zero attached hydrogens (tertiary/aromatic N) is 3. The number of aromatic nitrogens is 3. The highest BCUT2D eigenvalue weighted by atomic mass is 16.3. The number of nitrogens with two attached hydrogens (primary N) is 1. The Labute approximate surface area is 111 Å². The van der Waals surface area contributed by atoms with E-state index in [9.17, 15) is 5.11 Å². The summed E-state index contributed by atoms with van der Waals surface area (Å²) in [5.74, 6) is 0.895. The molecule has 100 valence electrons. The molecule has 2 rings (SSSR count). The summed E-state index contributed by atoms with van der Waals surface area (Å²) in [5, 5.41) is 12.5. The average molecular weight is 259 g/mol. The molecule has 6 nitrogen and oxygen atoms in total. The van der Waals surface area contributed by atoms with Crippen LogP contribution >= 0.6 is 0 Å². The largest absolute Gasteiger partial charge is 0.374 e. The van der Waals surface area contributed by atoms with Gasteiger partial charge in [-0.25, -0.2) is 0 Å². The molecule has 1 atom stereocenters. The van der Waals surface area contributed by atoms with E-state index in [-0.39, 0.29) is 11.9 Å². The van der Waals surface area contributed by atoms with E-state index in [0.717, 1.165) is 12.0 Å². The monoisotopic (exact) mass is 259 g/mol. The van der Waals surface area contributed by atoms with Crippen LogP contribution in [0.25, 0.3) is 11.4 Å². The molecule has 0 saturated heterocycles. The molecule has 0 amide bonds. The second kappa shape index (κ2) is 6.10. The van der Waals surface area contributed by atoms with E-state index in [2.05, 4.69) is 20.3 Å². The standard InChI is InChI=1S/C13H17N5O/c1-2-6-10(19)15-13-17-11(16-12(14)18-13)9-7-4-3-5-8-9/h3-5,7-8,10,19H,2,6H2,1H3,(H3,14,15,16,17,18). The van der Waals surface area contributed by atoms with Crippen molar-refractivity contribution in [3.05, 3.63) is 30.3 Å². The van der Waals surface area contributed by atoms with Gasteiger partial charge in [0.25, 0.3) is 0 Å². The summed E-state index contributed by atoms with van der Waals surface area (Å²) in [6.45, 7) is 1.99. The molecular formula is C13H17N5O. The number of nitrogen functional groups attached to an aromatic ring is 1. The summed E-state index contributed by atoms with van der Waals surface area (Å²) < 4.78 is 0. The number of hydrogen-bond acceptors (Lipinski definition) is 6. The van der Waals surface area contributed by atoms with Crippen LogP contribution in [0.2, 0.25) is 0 Å². The Bertz CT molecular complexity index is 532. The molecule has 0 bridgehead atoms. The molecule has 0 aliphatic rings. The van der Waals surface area contributed by atoms with E-state index in [0.29, 0.717) is 12.2 Å². The van der Waals surface area contributed by atoms with Crippen molar-refractivity contribution in [2.75, 3.05) is 11.1 Å². The minimum Gasteiger partial charge on any atom is -0.374 e. The minimum atomic E-state index is -0.685. The summed E-state index contributed by atoms with van der Waals surface area (Å²) in [6, 6.07) is 9.49. The quantitative estimate of drug-likeness (QED) is 0.706. The lowest BCUT2D eigenvalue weighted by Crippen LogP contribution is -2.20. The first-order valence-electron chi connectivity index (χ1n) is 6.20. The topological polar surface area (TPSA) is 97.0 Å². The lowest BCUT2D eigenvalue weighted by atomic mass is 10.2. The smallest absolute Gasteiger partial charge is 0.230 e. The molecule has 0 radical (unpaired) electrons. The summed E-state index contributed by atoms with van der Waals surface area (Å²) in [4.78, 5) is 12.3. The lowest BCUT2D eigenvalue weighted by molar-refractivity contribution is 0.191. The van der Waals surface area contributed by atoms with Crippen molar-refractivity contribution in [3.63, 3.8) is 0 Å². The normalized spacial score (nSPS) is 12.1. The van der Waals surface area contributed by atoms with Crippen LogP contribution in [-0.4, -0.2) is 26.3 Å². The average Bonchev–Trinajstić information content (AvgIpc) is 2.39. The van der Waals surface area contributed by atoms with Gasteiger partial charge in [-0.2, -0.15) is 15.0 Å². The van der Waals surface area contributed by atoms with Gasteiger partial charge in [-0.15, -0.1) is 0 Å². The molecule has 19 heavy (non-hydrogen) atoms. The Hall–Kier alpha value is -2.21. The van der Waals surface area contributed by atoms with E-state index < -0.39 is 6.23 Å². The second-order valence-electron chi connectivity index (χ2n) is 4.16. The molecular weight excluding hydrogens is 242 g/mol. The van der Waals surface area contributed by atoms with Crippen LogP contribution in [0, 0.1) is 0 Å². The maximum Gasteiger partial charge on any atom is 0.230 e. The molecule has 6 heteroatoms. The van der Waals surface area contributed by atoms with Gasteiger partial charge in [-0.1, -0.05) is 43.7 Å². The Morgan fingerprint density at radius 3 is 2.63 bits per heavy atom. The third-order valence-electron chi connectivity index (χ3n) is 2.54. The predicted octanol–water partition coefficient (Wildman–Crippen LogP) is 1.65. The Balaban J connectivity index is 2.25. The van der Waals surface area contributed by atoms with Crippen molar-refractivity contribution in [1.82, 2.24) is 15.0 Å². The van der Waals surface area contributed by atoms with Crippen LogP contribution < -0.4 is 11.1 Å². The van der Waals surface area contributed by atoms with E-state index in [1.54, 1.807) is 0 Å². The SMILES string of the molecule is CCCC(O)Nc1nc(N)nc(-c2ccccc2)n1. The molecule has 0 aliphatic carbocycles. The Kier molecular flexibility index (Phi) is 4.25. The van der Waals surface area contributed by atoms with Gasteiger partial charge in [0.2, 0.25) is 11.9 Å². The van der Waals surface area contributed by atoms with Crippen molar-refractivity contribution in [1.29, 1.82) is 0 Å².